The molecular formula is C16H19ClN2O3. The fraction of sp³-hybridized carbons (Fsp3) is 0.438. The van der Waals surface area contributed by atoms with Crippen molar-refractivity contribution in [3.8, 4) is 5.75 Å². The van der Waals surface area contributed by atoms with Crippen molar-refractivity contribution in [1.82, 2.24) is 9.88 Å². The van der Waals surface area contributed by atoms with E-state index >= 15 is 0 Å². The minimum Gasteiger partial charge on any atom is -0.497 e. The molecule has 3 heterocycles. The highest BCUT2D eigenvalue weighted by Gasteiger charge is 2.41. The van der Waals surface area contributed by atoms with Crippen molar-refractivity contribution in [2.24, 2.45) is 0 Å². The van der Waals surface area contributed by atoms with E-state index in [-0.39, 0.29) is 12.4 Å². The maximum atomic E-state index is 11.7. The van der Waals surface area contributed by atoms with Crippen LogP contribution in [0.2, 0.25) is 0 Å². The first-order chi connectivity index (χ1) is 10.2. The predicted octanol–water partition coefficient (Wildman–Crippen LogP) is 2.92. The van der Waals surface area contributed by atoms with Gasteiger partial charge in [0, 0.05) is 23.1 Å². The summed E-state index contributed by atoms with van der Waals surface area (Å²) in [4.78, 5) is 17.2. The van der Waals surface area contributed by atoms with E-state index in [0.29, 0.717) is 5.92 Å². The molecule has 1 aromatic heterocycles. The number of fused-ring (bicyclic) bond motifs is 6. The molecule has 1 fully saturated rings. The Morgan fingerprint density at radius 2 is 2.27 bits per heavy atom. The Hall–Kier alpha value is -1.72. The maximum Gasteiger partial charge on any atom is 0.327 e. The Bertz CT molecular complexity index is 727. The number of carbonyl (C=O) groups is 1. The number of aliphatic carboxylic acids is 1. The molecule has 0 radical (unpaired) electrons. The molecule has 2 N–H and O–H groups in total. The van der Waals surface area contributed by atoms with E-state index in [1.165, 1.54) is 5.56 Å². The highest BCUT2D eigenvalue weighted by Crippen LogP contribution is 2.45. The molecule has 0 saturated carbocycles. The highest BCUT2D eigenvalue weighted by molar-refractivity contribution is 5.90. The monoisotopic (exact) mass is 322 g/mol. The number of hydrogen-bond acceptors (Lipinski definition) is 3. The minimum absolute atomic E-state index is 0. The third kappa shape index (κ3) is 2.08. The van der Waals surface area contributed by atoms with Crippen LogP contribution in [0.15, 0.2) is 18.2 Å². The topological polar surface area (TPSA) is 65.6 Å². The number of methoxy groups -OCH3 is 1. The largest absolute Gasteiger partial charge is 0.497 e. The second-order valence-electron chi connectivity index (χ2n) is 5.94. The van der Waals surface area contributed by atoms with Gasteiger partial charge in [-0.1, -0.05) is 0 Å². The summed E-state index contributed by atoms with van der Waals surface area (Å²) in [5, 5.41) is 10.7. The van der Waals surface area contributed by atoms with Crippen LogP contribution in [0.4, 0.5) is 0 Å². The molecule has 2 aliphatic heterocycles. The number of H-pyrrole nitrogens is 1. The summed E-state index contributed by atoms with van der Waals surface area (Å²) in [6.07, 6.45) is 2.19. The Morgan fingerprint density at radius 3 is 3.00 bits per heavy atom. The van der Waals surface area contributed by atoms with Crippen molar-refractivity contribution in [3.05, 3.63) is 29.5 Å². The predicted molar refractivity (Wildman–Crippen MR) is 86.0 cm³/mol. The Balaban J connectivity index is 0.00000144. The first-order valence-corrected chi connectivity index (χ1v) is 7.35. The van der Waals surface area contributed by atoms with Crippen LogP contribution in [-0.4, -0.2) is 41.2 Å². The van der Waals surface area contributed by atoms with E-state index in [1.54, 1.807) is 7.11 Å². The van der Waals surface area contributed by atoms with Gasteiger partial charge in [0.15, 0.2) is 0 Å². The highest BCUT2D eigenvalue weighted by atomic mass is 35.5. The lowest BCUT2D eigenvalue weighted by atomic mass is 9.82. The van der Waals surface area contributed by atoms with Gasteiger partial charge >= 0.3 is 5.97 Å². The number of nitrogens with zero attached hydrogens (tertiary/aromatic N) is 1. The van der Waals surface area contributed by atoms with Crippen LogP contribution in [0.1, 0.15) is 36.1 Å². The molecule has 118 valence electrons. The number of hydrogen-bond donors (Lipinski definition) is 2. The molecule has 2 aliphatic rings. The van der Waals surface area contributed by atoms with Crippen LogP contribution in [0.3, 0.4) is 0 Å². The molecule has 0 aliphatic carbocycles. The van der Waals surface area contributed by atoms with Gasteiger partial charge in [0.1, 0.15) is 11.8 Å². The van der Waals surface area contributed by atoms with Crippen molar-refractivity contribution in [2.75, 3.05) is 20.2 Å². The van der Waals surface area contributed by atoms with Gasteiger partial charge in [-0.3, -0.25) is 9.69 Å². The third-order valence-corrected chi connectivity index (χ3v) is 4.81. The molecule has 2 aromatic rings. The van der Waals surface area contributed by atoms with Crippen molar-refractivity contribution >= 4 is 29.3 Å². The number of aromatic nitrogens is 1. The third-order valence-electron chi connectivity index (χ3n) is 4.81. The van der Waals surface area contributed by atoms with Crippen LogP contribution in [0.25, 0.3) is 10.9 Å². The minimum atomic E-state index is -0.768. The van der Waals surface area contributed by atoms with E-state index in [1.807, 2.05) is 18.2 Å². The lowest BCUT2D eigenvalue weighted by Gasteiger charge is -2.41. The first kappa shape index (κ1) is 15.2. The van der Waals surface area contributed by atoms with E-state index in [0.717, 1.165) is 48.3 Å². The van der Waals surface area contributed by atoms with Crippen LogP contribution in [-0.2, 0) is 4.79 Å². The van der Waals surface area contributed by atoms with Crippen molar-refractivity contribution < 1.29 is 14.6 Å². The van der Waals surface area contributed by atoms with E-state index in [4.69, 9.17) is 4.74 Å². The van der Waals surface area contributed by atoms with Gasteiger partial charge in [0.05, 0.1) is 7.11 Å². The number of carboxylic acids is 1. The zero-order chi connectivity index (χ0) is 14.6. The summed E-state index contributed by atoms with van der Waals surface area (Å²) in [5.41, 5.74) is 3.05. The number of halogens is 1. The SMILES string of the molecule is COc1ccc2[nH]c3c(c2c1)[C@H]1CCC[N@@](C1)C3C(=O)O.Cl. The molecule has 1 aromatic carbocycles. The number of rotatable bonds is 2. The van der Waals surface area contributed by atoms with Gasteiger partial charge in [-0.25, -0.2) is 0 Å². The fourth-order valence-electron chi connectivity index (χ4n) is 3.93. The van der Waals surface area contributed by atoms with Gasteiger partial charge in [-0.05, 0) is 49.1 Å². The van der Waals surface area contributed by atoms with Crippen molar-refractivity contribution in [2.45, 2.75) is 24.8 Å². The molecule has 2 bridgehead atoms. The summed E-state index contributed by atoms with van der Waals surface area (Å²) < 4.78 is 5.32. The lowest BCUT2D eigenvalue weighted by molar-refractivity contribution is -0.144. The Labute approximate surface area is 134 Å². The molecule has 6 heteroatoms. The van der Waals surface area contributed by atoms with Gasteiger partial charge in [-0.15, -0.1) is 12.4 Å². The van der Waals surface area contributed by atoms with E-state index in [9.17, 15) is 9.90 Å². The summed E-state index contributed by atoms with van der Waals surface area (Å²) in [5.74, 6) is 0.467. The smallest absolute Gasteiger partial charge is 0.327 e. The first-order valence-electron chi connectivity index (χ1n) is 7.35. The van der Waals surface area contributed by atoms with Gasteiger partial charge < -0.3 is 14.8 Å². The second-order valence-corrected chi connectivity index (χ2v) is 5.94. The standard InChI is InChI=1S/C16H18N2O3.ClH/c1-21-10-4-5-12-11(7-10)13-9-3-2-6-18(8-9)15(16(19)20)14(13)17-12;/h4-5,7,9,15,17H,2-3,6,8H2,1H3,(H,19,20);1H/t9-,15?;/m0./s1. The average Bonchev–Trinajstić information content (AvgIpc) is 2.85. The second kappa shape index (κ2) is 5.48. The lowest BCUT2D eigenvalue weighted by Crippen LogP contribution is -2.44. The summed E-state index contributed by atoms with van der Waals surface area (Å²) in [7, 11) is 1.66. The van der Waals surface area contributed by atoms with Gasteiger partial charge in [-0.2, -0.15) is 0 Å². The molecule has 0 amide bonds. The zero-order valence-electron chi connectivity index (χ0n) is 12.3. The molecule has 1 unspecified atom stereocenters. The Kier molecular flexibility index (Phi) is 3.78. The molecule has 5 nitrogen and oxygen atoms in total. The normalized spacial score (nSPS) is 26.1. The van der Waals surface area contributed by atoms with Crippen molar-refractivity contribution in [1.29, 1.82) is 0 Å². The molecule has 1 saturated heterocycles. The molecule has 4 rings (SSSR count). The van der Waals surface area contributed by atoms with Crippen LogP contribution < -0.4 is 4.74 Å². The van der Waals surface area contributed by atoms with Crippen LogP contribution in [0.5, 0.6) is 5.75 Å². The average molecular weight is 323 g/mol. The maximum absolute atomic E-state index is 11.7. The van der Waals surface area contributed by atoms with Crippen LogP contribution in [0, 0.1) is 0 Å². The summed E-state index contributed by atoms with van der Waals surface area (Å²) in [6, 6.07) is 5.36. The molecule has 22 heavy (non-hydrogen) atoms. The zero-order valence-corrected chi connectivity index (χ0v) is 13.2. The number of ether oxygens (including phenoxy) is 1. The summed E-state index contributed by atoms with van der Waals surface area (Å²) >= 11 is 0. The van der Waals surface area contributed by atoms with E-state index < -0.39 is 12.0 Å². The van der Waals surface area contributed by atoms with E-state index in [2.05, 4.69) is 9.88 Å². The summed E-state index contributed by atoms with van der Waals surface area (Å²) in [6.45, 7) is 1.71. The quantitative estimate of drug-likeness (QED) is 0.892. The number of carboxylic acid groups (broad SMARTS) is 1. The van der Waals surface area contributed by atoms with Gasteiger partial charge in [0.2, 0.25) is 0 Å². The fourth-order valence-corrected chi connectivity index (χ4v) is 3.93. The van der Waals surface area contributed by atoms with Crippen LogP contribution >= 0.6 is 12.4 Å². The number of benzene rings is 1. The molecule has 3 atom stereocenters. The Morgan fingerprint density at radius 1 is 1.45 bits per heavy atom. The number of piperidine rings is 1. The van der Waals surface area contributed by atoms with Gasteiger partial charge in [0.25, 0.3) is 0 Å². The van der Waals surface area contributed by atoms with Crippen molar-refractivity contribution in [3.63, 3.8) is 0 Å². The molecule has 0 spiro atoms. The number of nitrogens with one attached hydrogen (secondary N) is 1. The molecular weight excluding hydrogens is 304 g/mol. The number of aromatic amines is 1.